The van der Waals surface area contributed by atoms with Crippen molar-refractivity contribution in [3.05, 3.63) is 41.1 Å². The molecule has 16 heavy (non-hydrogen) atoms. The van der Waals surface area contributed by atoms with Crippen LogP contribution in [0, 0.1) is 0 Å². The van der Waals surface area contributed by atoms with Crippen molar-refractivity contribution < 1.29 is 4.79 Å². The molecule has 0 saturated carbocycles. The maximum atomic E-state index is 12.0. The third kappa shape index (κ3) is 1.77. The Morgan fingerprint density at radius 2 is 2.25 bits per heavy atom. The molecule has 0 radical (unpaired) electrons. The lowest BCUT2D eigenvalue weighted by molar-refractivity contribution is 0.102. The second-order valence-corrected chi connectivity index (χ2v) is 3.71. The highest BCUT2D eigenvalue weighted by Crippen LogP contribution is 2.17. The van der Waals surface area contributed by atoms with Crippen LogP contribution < -0.4 is 5.73 Å². The molecule has 0 aliphatic heterocycles. The van der Waals surface area contributed by atoms with Crippen LogP contribution in [0.15, 0.2) is 24.7 Å². The smallest absolute Gasteiger partial charge is 0.232 e. The Kier molecular flexibility index (Phi) is 2.62. The Hall–Kier alpha value is -1.88. The highest BCUT2D eigenvalue weighted by molar-refractivity contribution is 6.31. The molecule has 2 rings (SSSR count). The number of nitrogen functional groups attached to an aromatic ring is 1. The second-order valence-electron chi connectivity index (χ2n) is 3.28. The first-order valence-corrected chi connectivity index (χ1v) is 4.90. The van der Waals surface area contributed by atoms with Gasteiger partial charge in [0.1, 0.15) is 5.82 Å². The lowest BCUT2D eigenvalue weighted by atomic mass is 10.1. The first-order chi connectivity index (χ1) is 7.59. The molecule has 0 unspecified atom stereocenters. The van der Waals surface area contributed by atoms with Crippen LogP contribution in [0.25, 0.3) is 0 Å². The highest BCUT2D eigenvalue weighted by atomic mass is 35.5. The number of nitrogens with two attached hydrogens (primary N) is 1. The highest BCUT2D eigenvalue weighted by Gasteiger charge is 2.17. The van der Waals surface area contributed by atoms with E-state index in [9.17, 15) is 4.79 Å². The molecule has 82 valence electrons. The summed E-state index contributed by atoms with van der Waals surface area (Å²) in [5, 5.41) is 0.367. The van der Waals surface area contributed by atoms with E-state index < -0.39 is 0 Å². The van der Waals surface area contributed by atoms with E-state index in [1.165, 1.54) is 12.3 Å². The number of nitrogens with zero attached hydrogens (tertiary/aromatic N) is 3. The summed E-state index contributed by atoms with van der Waals surface area (Å²) in [5.41, 5.74) is 5.88. The van der Waals surface area contributed by atoms with Gasteiger partial charge < -0.3 is 10.3 Å². The fraction of sp³-hybridized carbons (Fsp3) is 0.100. The minimum atomic E-state index is -0.292. The topological polar surface area (TPSA) is 73.8 Å². The van der Waals surface area contributed by atoms with Crippen LogP contribution in [0.2, 0.25) is 5.02 Å². The van der Waals surface area contributed by atoms with Crippen molar-refractivity contribution in [1.82, 2.24) is 14.5 Å². The van der Waals surface area contributed by atoms with Gasteiger partial charge in [-0.2, -0.15) is 0 Å². The van der Waals surface area contributed by atoms with Crippen molar-refractivity contribution >= 4 is 23.2 Å². The average Bonchev–Trinajstić information content (AvgIpc) is 2.67. The monoisotopic (exact) mass is 236 g/mol. The van der Waals surface area contributed by atoms with Crippen molar-refractivity contribution in [3.8, 4) is 0 Å². The van der Waals surface area contributed by atoms with Crippen molar-refractivity contribution in [2.45, 2.75) is 0 Å². The van der Waals surface area contributed by atoms with Crippen LogP contribution in [0.1, 0.15) is 16.2 Å². The van der Waals surface area contributed by atoms with Gasteiger partial charge in [0.2, 0.25) is 5.78 Å². The summed E-state index contributed by atoms with van der Waals surface area (Å²) in [6, 6.07) is 1.49. The predicted octanol–water partition coefficient (Wildman–Crippen LogP) is 1.28. The predicted molar refractivity (Wildman–Crippen MR) is 60.3 cm³/mol. The van der Waals surface area contributed by atoms with Crippen LogP contribution in [0.5, 0.6) is 0 Å². The number of imidazole rings is 1. The van der Waals surface area contributed by atoms with Gasteiger partial charge in [0.15, 0.2) is 5.82 Å². The van der Waals surface area contributed by atoms with E-state index in [1.807, 2.05) is 0 Å². The number of carbonyl (C=O) groups excluding carboxylic acids is 1. The summed E-state index contributed by atoms with van der Waals surface area (Å²) in [6.45, 7) is 0. The lowest BCUT2D eigenvalue weighted by Crippen LogP contribution is -2.11. The molecule has 0 aliphatic carbocycles. The van der Waals surface area contributed by atoms with Crippen molar-refractivity contribution in [2.75, 3.05) is 5.73 Å². The molecular weight excluding hydrogens is 228 g/mol. The fourth-order valence-corrected chi connectivity index (χ4v) is 1.49. The van der Waals surface area contributed by atoms with Gasteiger partial charge in [-0.3, -0.25) is 4.79 Å². The molecule has 2 heterocycles. The van der Waals surface area contributed by atoms with Gasteiger partial charge in [-0.1, -0.05) is 11.6 Å². The Labute approximate surface area is 96.9 Å². The molecule has 0 fully saturated rings. The maximum Gasteiger partial charge on any atom is 0.232 e. The number of aryl methyl sites for hydroxylation is 1. The van der Waals surface area contributed by atoms with Gasteiger partial charge in [0, 0.05) is 25.6 Å². The molecule has 0 amide bonds. The zero-order valence-electron chi connectivity index (χ0n) is 8.51. The van der Waals surface area contributed by atoms with Gasteiger partial charge in [-0.25, -0.2) is 9.97 Å². The van der Waals surface area contributed by atoms with Gasteiger partial charge >= 0.3 is 0 Å². The fourth-order valence-electron chi connectivity index (χ4n) is 1.34. The Morgan fingerprint density at radius 3 is 2.88 bits per heavy atom. The molecule has 2 aromatic heterocycles. The molecule has 5 nitrogen and oxygen atoms in total. The zero-order valence-corrected chi connectivity index (χ0v) is 9.27. The standard InChI is InChI=1S/C10H9ClN4O/c1-15-3-2-13-10(15)8(16)7-4-6(11)5-14-9(7)12/h2-5H,1H3,(H2,12,14). The van der Waals surface area contributed by atoms with Gasteiger partial charge in [-0.15, -0.1) is 0 Å². The van der Waals surface area contributed by atoms with E-state index in [-0.39, 0.29) is 17.2 Å². The van der Waals surface area contributed by atoms with Gasteiger partial charge in [0.05, 0.1) is 10.6 Å². The summed E-state index contributed by atoms with van der Waals surface area (Å²) in [5.74, 6) is 0.160. The number of carbonyl (C=O) groups is 1. The van der Waals surface area contributed by atoms with Crippen LogP contribution in [0.4, 0.5) is 5.82 Å². The van der Waals surface area contributed by atoms with Crippen molar-refractivity contribution in [1.29, 1.82) is 0 Å². The van der Waals surface area contributed by atoms with E-state index in [0.29, 0.717) is 10.8 Å². The second kappa shape index (κ2) is 3.94. The van der Waals surface area contributed by atoms with Crippen LogP contribution in [-0.2, 0) is 7.05 Å². The first kappa shape index (κ1) is 10.6. The number of hydrogen-bond acceptors (Lipinski definition) is 4. The van der Waals surface area contributed by atoms with Crippen molar-refractivity contribution in [2.24, 2.45) is 7.05 Å². The number of pyridine rings is 1. The summed E-state index contributed by atoms with van der Waals surface area (Å²) in [6.07, 6.45) is 4.62. The van der Waals surface area contributed by atoms with Crippen LogP contribution in [-0.4, -0.2) is 20.3 Å². The quantitative estimate of drug-likeness (QED) is 0.798. The number of halogens is 1. The molecule has 0 atom stereocenters. The van der Waals surface area contributed by atoms with E-state index in [2.05, 4.69) is 9.97 Å². The minimum Gasteiger partial charge on any atom is -0.383 e. The summed E-state index contributed by atoms with van der Waals surface area (Å²) in [7, 11) is 1.73. The average molecular weight is 237 g/mol. The summed E-state index contributed by atoms with van der Waals surface area (Å²) in [4.78, 5) is 19.8. The molecule has 0 spiro atoms. The normalized spacial score (nSPS) is 10.4. The molecule has 0 aromatic carbocycles. The molecule has 0 bridgehead atoms. The number of hydrogen-bond donors (Lipinski definition) is 1. The minimum absolute atomic E-state index is 0.150. The van der Waals surface area contributed by atoms with Crippen LogP contribution >= 0.6 is 11.6 Å². The molecular formula is C10H9ClN4O. The molecule has 2 aromatic rings. The van der Waals surface area contributed by atoms with Gasteiger partial charge in [0.25, 0.3) is 0 Å². The largest absolute Gasteiger partial charge is 0.383 e. The molecule has 2 N–H and O–H groups in total. The first-order valence-electron chi connectivity index (χ1n) is 4.52. The number of ketones is 1. The maximum absolute atomic E-state index is 12.0. The third-order valence-corrected chi connectivity index (χ3v) is 2.36. The van der Waals surface area contributed by atoms with E-state index in [4.69, 9.17) is 17.3 Å². The van der Waals surface area contributed by atoms with E-state index >= 15 is 0 Å². The lowest BCUT2D eigenvalue weighted by Gasteiger charge is -2.04. The Bertz CT molecular complexity index is 550. The number of rotatable bonds is 2. The molecule has 6 heteroatoms. The van der Waals surface area contributed by atoms with Gasteiger partial charge in [-0.05, 0) is 6.07 Å². The molecule has 0 saturated heterocycles. The Morgan fingerprint density at radius 1 is 1.50 bits per heavy atom. The zero-order chi connectivity index (χ0) is 11.7. The van der Waals surface area contributed by atoms with E-state index in [1.54, 1.807) is 24.0 Å². The SMILES string of the molecule is Cn1ccnc1C(=O)c1cc(Cl)cnc1N. The van der Waals surface area contributed by atoms with E-state index in [0.717, 1.165) is 0 Å². The summed E-state index contributed by atoms with van der Waals surface area (Å²) >= 11 is 5.76. The third-order valence-electron chi connectivity index (χ3n) is 2.15. The number of aromatic nitrogens is 3. The van der Waals surface area contributed by atoms with Crippen molar-refractivity contribution in [3.63, 3.8) is 0 Å². The Balaban J connectivity index is 2.49. The number of anilines is 1. The van der Waals surface area contributed by atoms with Crippen LogP contribution in [0.3, 0.4) is 0 Å². The molecule has 0 aliphatic rings. The summed E-state index contributed by atoms with van der Waals surface area (Å²) < 4.78 is 1.61.